The molecule has 1 aliphatic rings. The number of hydrogen-bond donors (Lipinski definition) is 1. The Morgan fingerprint density at radius 1 is 1.48 bits per heavy atom. The molecule has 1 aromatic carbocycles. The second-order valence-electron chi connectivity index (χ2n) is 5.40. The molecule has 1 heterocycles. The van der Waals surface area contributed by atoms with Crippen molar-refractivity contribution in [2.75, 3.05) is 33.9 Å². The van der Waals surface area contributed by atoms with Gasteiger partial charge in [0.25, 0.3) is 0 Å². The lowest BCUT2D eigenvalue weighted by Gasteiger charge is -2.12. The second-order valence-corrected chi connectivity index (χ2v) is 5.40. The highest BCUT2D eigenvalue weighted by Crippen LogP contribution is 2.35. The smallest absolute Gasteiger partial charge is 0.225 e. The summed E-state index contributed by atoms with van der Waals surface area (Å²) in [4.78, 5) is 13.0. The number of nitrogens with one attached hydrogen (secondary N) is 1. The van der Waals surface area contributed by atoms with E-state index in [0.717, 1.165) is 24.5 Å². The molecule has 21 heavy (non-hydrogen) atoms. The van der Waals surface area contributed by atoms with Gasteiger partial charge in [0.1, 0.15) is 18.1 Å². The summed E-state index contributed by atoms with van der Waals surface area (Å²) in [7, 11) is 3.49. The van der Waals surface area contributed by atoms with Crippen LogP contribution in [0.5, 0.6) is 11.5 Å². The minimum absolute atomic E-state index is 0.0660. The zero-order valence-corrected chi connectivity index (χ0v) is 13.0. The quantitative estimate of drug-likeness (QED) is 0.835. The molecule has 0 fully saturated rings. The molecular formula is C16H24N2O3. The van der Waals surface area contributed by atoms with Crippen LogP contribution in [-0.2, 0) is 4.79 Å². The van der Waals surface area contributed by atoms with Gasteiger partial charge in [-0.05, 0) is 25.1 Å². The SMILES string of the molecule is CCCNC1COc2cc(OCCC(=O)N(C)C)ccc21. The van der Waals surface area contributed by atoms with Crippen LogP contribution in [0.2, 0.25) is 0 Å². The standard InChI is InChI=1S/C16H24N2O3/c1-4-8-17-14-11-21-15-10-12(5-6-13(14)15)20-9-7-16(19)18(2)3/h5-6,10,14,17H,4,7-9,11H2,1-3H3. The van der Waals surface area contributed by atoms with Crippen molar-refractivity contribution in [3.63, 3.8) is 0 Å². The molecule has 1 N–H and O–H groups in total. The van der Waals surface area contributed by atoms with E-state index in [-0.39, 0.29) is 11.9 Å². The molecule has 1 aliphatic heterocycles. The fourth-order valence-corrected chi connectivity index (χ4v) is 2.25. The van der Waals surface area contributed by atoms with Crippen molar-refractivity contribution >= 4 is 5.91 Å². The molecule has 116 valence electrons. The number of nitrogens with zero attached hydrogens (tertiary/aromatic N) is 1. The minimum atomic E-state index is 0.0660. The van der Waals surface area contributed by atoms with Gasteiger partial charge < -0.3 is 19.7 Å². The molecule has 1 aromatic rings. The summed E-state index contributed by atoms with van der Waals surface area (Å²) in [6, 6.07) is 6.15. The van der Waals surface area contributed by atoms with Crippen LogP contribution in [0, 0.1) is 0 Å². The fraction of sp³-hybridized carbons (Fsp3) is 0.562. The molecule has 0 aliphatic carbocycles. The average molecular weight is 292 g/mol. The summed E-state index contributed by atoms with van der Waals surface area (Å²) in [5.41, 5.74) is 1.18. The van der Waals surface area contributed by atoms with Crippen LogP contribution in [0.1, 0.15) is 31.4 Å². The third-order valence-corrected chi connectivity index (χ3v) is 3.49. The first kappa shape index (κ1) is 15.6. The van der Waals surface area contributed by atoms with Crippen molar-refractivity contribution in [2.45, 2.75) is 25.8 Å². The molecule has 0 saturated heterocycles. The monoisotopic (exact) mass is 292 g/mol. The molecule has 1 unspecified atom stereocenters. The molecule has 5 nitrogen and oxygen atoms in total. The van der Waals surface area contributed by atoms with Gasteiger partial charge in [0.05, 0.1) is 19.1 Å². The summed E-state index contributed by atoms with van der Waals surface area (Å²) >= 11 is 0. The number of benzene rings is 1. The van der Waals surface area contributed by atoms with E-state index in [4.69, 9.17) is 9.47 Å². The second kappa shape index (κ2) is 7.31. The molecule has 2 rings (SSSR count). The predicted octanol–water partition coefficient (Wildman–Crippen LogP) is 1.98. The van der Waals surface area contributed by atoms with Gasteiger partial charge in [-0.1, -0.05) is 6.92 Å². The van der Waals surface area contributed by atoms with Gasteiger partial charge in [0.15, 0.2) is 0 Å². The highest BCUT2D eigenvalue weighted by molar-refractivity contribution is 5.75. The Balaban J connectivity index is 1.89. The van der Waals surface area contributed by atoms with Crippen molar-refractivity contribution in [3.8, 4) is 11.5 Å². The maximum Gasteiger partial charge on any atom is 0.225 e. The van der Waals surface area contributed by atoms with Crippen LogP contribution in [0.3, 0.4) is 0 Å². The first-order valence-corrected chi connectivity index (χ1v) is 7.45. The Morgan fingerprint density at radius 2 is 2.29 bits per heavy atom. The van der Waals surface area contributed by atoms with Crippen LogP contribution in [-0.4, -0.2) is 44.7 Å². The van der Waals surface area contributed by atoms with E-state index in [1.165, 1.54) is 5.56 Å². The van der Waals surface area contributed by atoms with E-state index in [1.807, 2.05) is 18.2 Å². The Morgan fingerprint density at radius 3 is 3.00 bits per heavy atom. The Hall–Kier alpha value is -1.75. The molecule has 1 atom stereocenters. The van der Waals surface area contributed by atoms with Crippen molar-refractivity contribution in [1.82, 2.24) is 10.2 Å². The largest absolute Gasteiger partial charge is 0.493 e. The predicted molar refractivity (Wildman–Crippen MR) is 81.8 cm³/mol. The number of fused-ring (bicyclic) bond motifs is 1. The molecule has 0 spiro atoms. The summed E-state index contributed by atoms with van der Waals surface area (Å²) in [6.07, 6.45) is 1.48. The Kier molecular flexibility index (Phi) is 5.44. The van der Waals surface area contributed by atoms with Gasteiger partial charge in [-0.3, -0.25) is 4.79 Å². The normalized spacial score (nSPS) is 16.2. The average Bonchev–Trinajstić information content (AvgIpc) is 2.87. The first-order valence-electron chi connectivity index (χ1n) is 7.45. The van der Waals surface area contributed by atoms with E-state index in [1.54, 1.807) is 19.0 Å². The van der Waals surface area contributed by atoms with Crippen molar-refractivity contribution in [2.24, 2.45) is 0 Å². The van der Waals surface area contributed by atoms with Crippen LogP contribution in [0.15, 0.2) is 18.2 Å². The number of carbonyl (C=O) groups excluding carboxylic acids is 1. The summed E-state index contributed by atoms with van der Waals surface area (Å²) in [5.74, 6) is 1.69. The number of hydrogen-bond acceptors (Lipinski definition) is 4. The zero-order valence-electron chi connectivity index (χ0n) is 13.0. The fourth-order valence-electron chi connectivity index (χ4n) is 2.25. The third-order valence-electron chi connectivity index (χ3n) is 3.49. The molecule has 5 heteroatoms. The summed E-state index contributed by atoms with van der Waals surface area (Å²) in [5, 5.41) is 3.46. The lowest BCUT2D eigenvalue weighted by atomic mass is 10.1. The molecule has 0 saturated carbocycles. The highest BCUT2D eigenvalue weighted by atomic mass is 16.5. The number of rotatable bonds is 7. The number of amides is 1. The van der Waals surface area contributed by atoms with Crippen molar-refractivity contribution in [3.05, 3.63) is 23.8 Å². The van der Waals surface area contributed by atoms with Crippen LogP contribution in [0.25, 0.3) is 0 Å². The highest BCUT2D eigenvalue weighted by Gasteiger charge is 2.23. The first-order chi connectivity index (χ1) is 10.1. The Bertz CT molecular complexity index is 488. The van der Waals surface area contributed by atoms with E-state index in [2.05, 4.69) is 12.2 Å². The number of ether oxygens (including phenoxy) is 2. The molecular weight excluding hydrogens is 268 g/mol. The molecule has 0 radical (unpaired) electrons. The van der Waals surface area contributed by atoms with Crippen molar-refractivity contribution < 1.29 is 14.3 Å². The minimum Gasteiger partial charge on any atom is -0.493 e. The van der Waals surface area contributed by atoms with E-state index >= 15 is 0 Å². The van der Waals surface area contributed by atoms with E-state index in [9.17, 15) is 4.79 Å². The van der Waals surface area contributed by atoms with Gasteiger partial charge in [-0.2, -0.15) is 0 Å². The lowest BCUT2D eigenvalue weighted by molar-refractivity contribution is -0.129. The topological polar surface area (TPSA) is 50.8 Å². The maximum atomic E-state index is 11.5. The van der Waals surface area contributed by atoms with Crippen LogP contribution in [0.4, 0.5) is 0 Å². The molecule has 0 bridgehead atoms. The number of carbonyl (C=O) groups is 1. The Labute approximate surface area is 126 Å². The van der Waals surface area contributed by atoms with Gasteiger partial charge in [0.2, 0.25) is 5.91 Å². The van der Waals surface area contributed by atoms with Gasteiger partial charge in [-0.15, -0.1) is 0 Å². The molecule has 1 amide bonds. The van der Waals surface area contributed by atoms with Gasteiger partial charge >= 0.3 is 0 Å². The molecule has 0 aromatic heterocycles. The van der Waals surface area contributed by atoms with Crippen molar-refractivity contribution in [1.29, 1.82) is 0 Å². The van der Waals surface area contributed by atoms with Gasteiger partial charge in [0, 0.05) is 25.7 Å². The summed E-state index contributed by atoms with van der Waals surface area (Å²) in [6.45, 7) is 4.18. The summed E-state index contributed by atoms with van der Waals surface area (Å²) < 4.78 is 11.3. The van der Waals surface area contributed by atoms with E-state index < -0.39 is 0 Å². The zero-order chi connectivity index (χ0) is 15.2. The maximum absolute atomic E-state index is 11.5. The lowest BCUT2D eigenvalue weighted by Crippen LogP contribution is -2.23. The third kappa shape index (κ3) is 4.11. The van der Waals surface area contributed by atoms with Crippen LogP contribution < -0.4 is 14.8 Å². The van der Waals surface area contributed by atoms with E-state index in [0.29, 0.717) is 19.6 Å². The van der Waals surface area contributed by atoms with Crippen LogP contribution >= 0.6 is 0 Å². The van der Waals surface area contributed by atoms with Gasteiger partial charge in [-0.25, -0.2) is 0 Å².